The lowest BCUT2D eigenvalue weighted by molar-refractivity contribution is 0.0691. The molecule has 0 aliphatic rings. The monoisotopic (exact) mass is 260 g/mol. The molecule has 0 unspecified atom stereocenters. The SMILES string of the molecule is O=Cc1ccc(-c2ccc(C(=O)O)c(F)c2)cc1O. The van der Waals surface area contributed by atoms with Gasteiger partial charge in [-0.1, -0.05) is 12.1 Å². The van der Waals surface area contributed by atoms with Gasteiger partial charge in [0.15, 0.2) is 6.29 Å². The van der Waals surface area contributed by atoms with Crippen LogP contribution in [0.15, 0.2) is 36.4 Å². The number of aldehydes is 1. The van der Waals surface area contributed by atoms with Crippen molar-refractivity contribution in [1.29, 1.82) is 0 Å². The van der Waals surface area contributed by atoms with Gasteiger partial charge in [0.25, 0.3) is 0 Å². The standard InChI is InChI=1S/C14H9FO4/c15-12-5-8(3-4-11(12)14(18)19)9-1-2-10(7-16)13(17)6-9/h1-7,17H,(H,18,19). The van der Waals surface area contributed by atoms with E-state index in [1.165, 1.54) is 18.2 Å². The van der Waals surface area contributed by atoms with Gasteiger partial charge in [-0.05, 0) is 35.4 Å². The van der Waals surface area contributed by atoms with Crippen LogP contribution in [0, 0.1) is 5.82 Å². The lowest BCUT2D eigenvalue weighted by Gasteiger charge is -2.05. The van der Waals surface area contributed by atoms with Crippen LogP contribution in [0.2, 0.25) is 0 Å². The Kier molecular flexibility index (Phi) is 3.29. The first-order chi connectivity index (χ1) is 9.02. The van der Waals surface area contributed by atoms with Crippen LogP contribution in [0.4, 0.5) is 4.39 Å². The van der Waals surface area contributed by atoms with E-state index in [2.05, 4.69) is 0 Å². The minimum absolute atomic E-state index is 0.131. The predicted octanol–water partition coefficient (Wildman–Crippen LogP) is 2.71. The summed E-state index contributed by atoms with van der Waals surface area (Å²) < 4.78 is 13.5. The van der Waals surface area contributed by atoms with E-state index in [0.29, 0.717) is 17.4 Å². The molecule has 0 heterocycles. The van der Waals surface area contributed by atoms with Crippen molar-refractivity contribution in [2.45, 2.75) is 0 Å². The quantitative estimate of drug-likeness (QED) is 0.832. The van der Waals surface area contributed by atoms with E-state index in [4.69, 9.17) is 5.11 Å². The number of carbonyl (C=O) groups is 2. The maximum atomic E-state index is 13.5. The Bertz CT molecular complexity index is 664. The van der Waals surface area contributed by atoms with Crippen LogP contribution in [0.1, 0.15) is 20.7 Å². The Morgan fingerprint density at radius 3 is 2.26 bits per heavy atom. The molecule has 0 aromatic heterocycles. The van der Waals surface area contributed by atoms with E-state index >= 15 is 0 Å². The summed E-state index contributed by atoms with van der Waals surface area (Å²) in [6.45, 7) is 0. The topological polar surface area (TPSA) is 74.6 Å². The molecule has 2 N–H and O–H groups in total. The molecule has 4 nitrogen and oxygen atoms in total. The van der Waals surface area contributed by atoms with Crippen LogP contribution in [0.3, 0.4) is 0 Å². The number of hydrogen-bond donors (Lipinski definition) is 2. The molecule has 0 saturated heterocycles. The Morgan fingerprint density at radius 2 is 1.74 bits per heavy atom. The smallest absolute Gasteiger partial charge is 0.338 e. The summed E-state index contributed by atoms with van der Waals surface area (Å²) in [6, 6.07) is 7.91. The van der Waals surface area contributed by atoms with Crippen molar-refractivity contribution in [1.82, 2.24) is 0 Å². The van der Waals surface area contributed by atoms with Crippen molar-refractivity contribution in [2.75, 3.05) is 0 Å². The van der Waals surface area contributed by atoms with E-state index in [1.807, 2.05) is 0 Å². The molecular weight excluding hydrogens is 251 g/mol. The van der Waals surface area contributed by atoms with E-state index < -0.39 is 17.3 Å². The molecule has 0 radical (unpaired) electrons. The van der Waals surface area contributed by atoms with E-state index in [0.717, 1.165) is 12.1 Å². The lowest BCUT2D eigenvalue weighted by atomic mass is 10.0. The Balaban J connectivity index is 2.48. The van der Waals surface area contributed by atoms with Gasteiger partial charge in [-0.2, -0.15) is 0 Å². The van der Waals surface area contributed by atoms with Gasteiger partial charge in [-0.3, -0.25) is 4.79 Å². The highest BCUT2D eigenvalue weighted by molar-refractivity contribution is 5.89. The van der Waals surface area contributed by atoms with Crippen molar-refractivity contribution in [3.8, 4) is 16.9 Å². The van der Waals surface area contributed by atoms with E-state index in [-0.39, 0.29) is 11.3 Å². The van der Waals surface area contributed by atoms with Crippen LogP contribution in [0.25, 0.3) is 11.1 Å². The molecule has 2 aromatic carbocycles. The number of carboxylic acids is 1. The van der Waals surface area contributed by atoms with Crippen LogP contribution in [0.5, 0.6) is 5.75 Å². The highest BCUT2D eigenvalue weighted by Crippen LogP contribution is 2.27. The second-order valence-corrected chi connectivity index (χ2v) is 3.89. The van der Waals surface area contributed by atoms with Crippen molar-refractivity contribution in [3.63, 3.8) is 0 Å². The normalized spacial score (nSPS) is 10.2. The molecule has 19 heavy (non-hydrogen) atoms. The minimum Gasteiger partial charge on any atom is -0.507 e. The number of benzene rings is 2. The Hall–Kier alpha value is -2.69. The summed E-state index contributed by atoms with van der Waals surface area (Å²) in [7, 11) is 0. The molecule has 0 saturated carbocycles. The first kappa shape index (κ1) is 12.8. The van der Waals surface area contributed by atoms with Gasteiger partial charge in [0.05, 0.1) is 11.1 Å². The number of aromatic hydroxyl groups is 1. The first-order valence-electron chi connectivity index (χ1n) is 5.34. The number of carbonyl (C=O) groups excluding carboxylic acids is 1. The summed E-state index contributed by atoms with van der Waals surface area (Å²) in [5.74, 6) is -2.41. The average molecular weight is 260 g/mol. The minimum atomic E-state index is -1.34. The van der Waals surface area contributed by atoms with Crippen molar-refractivity contribution >= 4 is 12.3 Å². The second-order valence-electron chi connectivity index (χ2n) is 3.89. The fraction of sp³-hybridized carbons (Fsp3) is 0. The number of hydrogen-bond acceptors (Lipinski definition) is 3. The molecule has 0 aliphatic carbocycles. The summed E-state index contributed by atoms with van der Waals surface area (Å²) in [5.41, 5.74) is 0.609. The van der Waals surface area contributed by atoms with Gasteiger partial charge in [-0.25, -0.2) is 9.18 Å². The van der Waals surface area contributed by atoms with Crippen molar-refractivity contribution in [3.05, 3.63) is 53.3 Å². The number of phenolic OH excluding ortho intramolecular Hbond substituents is 1. The summed E-state index contributed by atoms with van der Waals surface area (Å²) in [4.78, 5) is 21.3. The number of halogens is 1. The van der Waals surface area contributed by atoms with Crippen molar-refractivity contribution < 1.29 is 24.2 Å². The molecule has 0 atom stereocenters. The fourth-order valence-electron chi connectivity index (χ4n) is 1.69. The Morgan fingerprint density at radius 1 is 1.11 bits per heavy atom. The maximum absolute atomic E-state index is 13.5. The van der Waals surface area contributed by atoms with Gasteiger partial charge in [0, 0.05) is 0 Å². The summed E-state index contributed by atoms with van der Waals surface area (Å²) >= 11 is 0. The van der Waals surface area contributed by atoms with Crippen molar-refractivity contribution in [2.24, 2.45) is 0 Å². The number of aromatic carboxylic acids is 1. The fourth-order valence-corrected chi connectivity index (χ4v) is 1.69. The molecular formula is C14H9FO4. The molecule has 0 spiro atoms. The average Bonchev–Trinajstić information content (AvgIpc) is 2.38. The maximum Gasteiger partial charge on any atom is 0.338 e. The van der Waals surface area contributed by atoms with Gasteiger partial charge in [-0.15, -0.1) is 0 Å². The van der Waals surface area contributed by atoms with Crippen LogP contribution in [-0.2, 0) is 0 Å². The van der Waals surface area contributed by atoms with Gasteiger partial charge in [0.2, 0.25) is 0 Å². The summed E-state index contributed by atoms with van der Waals surface area (Å²) in [5, 5.41) is 18.3. The predicted molar refractivity (Wildman–Crippen MR) is 65.8 cm³/mol. The molecule has 96 valence electrons. The van der Waals surface area contributed by atoms with Crippen LogP contribution in [-0.4, -0.2) is 22.5 Å². The number of phenols is 1. The van der Waals surface area contributed by atoms with Crippen LogP contribution < -0.4 is 0 Å². The second kappa shape index (κ2) is 4.89. The molecule has 0 fully saturated rings. The molecule has 5 heteroatoms. The number of carboxylic acid groups (broad SMARTS) is 1. The molecule has 0 bridgehead atoms. The van der Waals surface area contributed by atoms with Gasteiger partial charge in [0.1, 0.15) is 11.6 Å². The highest BCUT2D eigenvalue weighted by atomic mass is 19.1. The van der Waals surface area contributed by atoms with E-state index in [9.17, 15) is 19.1 Å². The third-order valence-corrected chi connectivity index (χ3v) is 2.69. The lowest BCUT2D eigenvalue weighted by Crippen LogP contribution is -2.00. The highest BCUT2D eigenvalue weighted by Gasteiger charge is 2.11. The third-order valence-electron chi connectivity index (χ3n) is 2.69. The zero-order valence-corrected chi connectivity index (χ0v) is 9.63. The van der Waals surface area contributed by atoms with Crippen LogP contribution >= 0.6 is 0 Å². The zero-order chi connectivity index (χ0) is 14.0. The number of rotatable bonds is 3. The molecule has 2 rings (SSSR count). The third kappa shape index (κ3) is 2.44. The van der Waals surface area contributed by atoms with Gasteiger partial charge >= 0.3 is 5.97 Å². The zero-order valence-electron chi connectivity index (χ0n) is 9.63. The Labute approximate surface area is 107 Å². The molecule has 2 aromatic rings. The first-order valence-corrected chi connectivity index (χ1v) is 5.34. The van der Waals surface area contributed by atoms with Gasteiger partial charge < -0.3 is 10.2 Å². The van der Waals surface area contributed by atoms with E-state index in [1.54, 1.807) is 6.07 Å². The summed E-state index contributed by atoms with van der Waals surface area (Å²) in [6.07, 6.45) is 0.507. The molecule has 0 amide bonds. The molecule has 0 aliphatic heterocycles. The largest absolute Gasteiger partial charge is 0.507 e.